The third-order valence-corrected chi connectivity index (χ3v) is 2.96. The molecule has 0 spiro atoms. The summed E-state index contributed by atoms with van der Waals surface area (Å²) in [4.78, 5) is 0. The van der Waals surface area contributed by atoms with Gasteiger partial charge in [-0.25, -0.2) is 0 Å². The summed E-state index contributed by atoms with van der Waals surface area (Å²) in [6, 6.07) is 6.52. The Morgan fingerprint density at radius 1 is 1.33 bits per heavy atom. The van der Waals surface area contributed by atoms with Crippen molar-refractivity contribution in [2.75, 3.05) is 6.61 Å². The van der Waals surface area contributed by atoms with Crippen LogP contribution in [0.3, 0.4) is 0 Å². The predicted molar refractivity (Wildman–Crippen MR) is 62.2 cm³/mol. The third kappa shape index (κ3) is 2.00. The Bertz CT molecular complexity index is 365. The van der Waals surface area contributed by atoms with Crippen LogP contribution in [-0.2, 0) is 5.41 Å². The van der Waals surface area contributed by atoms with E-state index in [1.54, 1.807) is 0 Å². The van der Waals surface area contributed by atoms with Crippen molar-refractivity contribution in [3.05, 3.63) is 29.3 Å². The maximum Gasteiger partial charge on any atom is 0.124 e. The maximum atomic E-state index is 6.08. The monoisotopic (exact) mass is 205 g/mol. The second kappa shape index (κ2) is 3.53. The van der Waals surface area contributed by atoms with Crippen LogP contribution >= 0.6 is 0 Å². The number of ether oxygens (including phenoxy) is 1. The summed E-state index contributed by atoms with van der Waals surface area (Å²) < 4.78 is 5.58. The Kier molecular flexibility index (Phi) is 2.47. The first-order chi connectivity index (χ1) is 6.98. The Morgan fingerprint density at radius 3 is 2.73 bits per heavy atom. The Labute approximate surface area is 91.4 Å². The molecule has 0 amide bonds. The minimum Gasteiger partial charge on any atom is -0.493 e. The first kappa shape index (κ1) is 10.5. The van der Waals surface area contributed by atoms with Crippen molar-refractivity contribution in [1.29, 1.82) is 0 Å². The average Bonchev–Trinajstić information content (AvgIpc) is 2.16. The van der Waals surface area contributed by atoms with Gasteiger partial charge in [0.25, 0.3) is 0 Å². The lowest BCUT2D eigenvalue weighted by Crippen LogP contribution is -2.22. The number of nitrogens with two attached hydrogens (primary N) is 1. The molecule has 1 aliphatic rings. The fraction of sp³-hybridized carbons (Fsp3) is 0.538. The minimum atomic E-state index is 0.135. The lowest BCUT2D eigenvalue weighted by molar-refractivity contribution is 0.268. The van der Waals surface area contributed by atoms with Crippen LogP contribution in [-0.4, -0.2) is 6.61 Å². The molecule has 1 atom stereocenters. The highest BCUT2D eigenvalue weighted by atomic mass is 16.5. The summed E-state index contributed by atoms with van der Waals surface area (Å²) in [7, 11) is 0. The van der Waals surface area contributed by atoms with Crippen LogP contribution in [0.15, 0.2) is 18.2 Å². The van der Waals surface area contributed by atoms with Crippen LogP contribution in [0, 0.1) is 0 Å². The van der Waals surface area contributed by atoms with Gasteiger partial charge in [-0.1, -0.05) is 32.9 Å². The number of hydrogen-bond donors (Lipinski definition) is 1. The molecule has 0 saturated carbocycles. The van der Waals surface area contributed by atoms with Gasteiger partial charge in [-0.05, 0) is 17.0 Å². The molecule has 1 aromatic rings. The van der Waals surface area contributed by atoms with Gasteiger partial charge in [0.2, 0.25) is 0 Å². The van der Waals surface area contributed by atoms with E-state index >= 15 is 0 Å². The molecule has 0 bridgehead atoms. The van der Waals surface area contributed by atoms with Crippen LogP contribution in [0.5, 0.6) is 5.75 Å². The SMILES string of the molecule is CC(C)(C)c1ccc2c(c1)[C@H](N)CCO2. The lowest BCUT2D eigenvalue weighted by atomic mass is 9.84. The summed E-state index contributed by atoms with van der Waals surface area (Å²) in [6.07, 6.45) is 0.917. The first-order valence-corrected chi connectivity index (χ1v) is 5.51. The van der Waals surface area contributed by atoms with Crippen molar-refractivity contribution in [3.63, 3.8) is 0 Å². The summed E-state index contributed by atoms with van der Waals surface area (Å²) in [5.41, 5.74) is 8.73. The van der Waals surface area contributed by atoms with Crippen LogP contribution in [0.2, 0.25) is 0 Å². The van der Waals surface area contributed by atoms with Gasteiger partial charge in [-0.3, -0.25) is 0 Å². The Balaban J connectivity index is 2.44. The molecular weight excluding hydrogens is 186 g/mol. The van der Waals surface area contributed by atoms with E-state index in [0.717, 1.165) is 24.3 Å². The molecule has 0 aliphatic carbocycles. The molecule has 1 heterocycles. The summed E-state index contributed by atoms with van der Waals surface area (Å²) in [5.74, 6) is 0.960. The van der Waals surface area contributed by atoms with E-state index in [0.29, 0.717) is 0 Å². The molecular formula is C13H19NO. The molecule has 15 heavy (non-hydrogen) atoms. The molecule has 0 fully saturated rings. The maximum absolute atomic E-state index is 6.08. The smallest absolute Gasteiger partial charge is 0.124 e. The van der Waals surface area contributed by atoms with Crippen LogP contribution in [0.1, 0.15) is 44.4 Å². The second-order valence-electron chi connectivity index (χ2n) is 5.25. The molecule has 2 rings (SSSR count). The van der Waals surface area contributed by atoms with Gasteiger partial charge in [-0.2, -0.15) is 0 Å². The molecule has 0 unspecified atom stereocenters. The molecule has 1 aromatic carbocycles. The normalized spacial score (nSPS) is 20.7. The van der Waals surface area contributed by atoms with E-state index in [1.165, 1.54) is 5.56 Å². The quantitative estimate of drug-likeness (QED) is 0.707. The van der Waals surface area contributed by atoms with Gasteiger partial charge < -0.3 is 10.5 Å². The molecule has 2 nitrogen and oxygen atoms in total. The highest BCUT2D eigenvalue weighted by molar-refractivity contribution is 5.42. The highest BCUT2D eigenvalue weighted by Gasteiger charge is 2.21. The van der Waals surface area contributed by atoms with Crippen molar-refractivity contribution in [1.82, 2.24) is 0 Å². The number of fused-ring (bicyclic) bond motifs is 1. The Hall–Kier alpha value is -1.02. The molecule has 0 saturated heterocycles. The molecule has 2 N–H and O–H groups in total. The first-order valence-electron chi connectivity index (χ1n) is 5.51. The lowest BCUT2D eigenvalue weighted by Gasteiger charge is -2.26. The average molecular weight is 205 g/mol. The number of benzene rings is 1. The minimum absolute atomic E-state index is 0.135. The van der Waals surface area contributed by atoms with E-state index in [9.17, 15) is 0 Å². The van der Waals surface area contributed by atoms with Crippen molar-refractivity contribution >= 4 is 0 Å². The van der Waals surface area contributed by atoms with Gasteiger partial charge in [-0.15, -0.1) is 0 Å². The van der Waals surface area contributed by atoms with E-state index in [1.807, 2.05) is 0 Å². The van der Waals surface area contributed by atoms with Gasteiger partial charge in [0, 0.05) is 18.0 Å². The molecule has 2 heteroatoms. The summed E-state index contributed by atoms with van der Waals surface area (Å²) in [6.45, 7) is 7.38. The van der Waals surface area contributed by atoms with Gasteiger partial charge in [0.15, 0.2) is 0 Å². The molecule has 0 radical (unpaired) electrons. The van der Waals surface area contributed by atoms with Crippen LogP contribution in [0.25, 0.3) is 0 Å². The molecule has 1 aliphatic heterocycles. The summed E-state index contributed by atoms with van der Waals surface area (Å²) in [5, 5.41) is 0. The van der Waals surface area contributed by atoms with Gasteiger partial charge >= 0.3 is 0 Å². The second-order valence-corrected chi connectivity index (χ2v) is 5.25. The topological polar surface area (TPSA) is 35.2 Å². The Morgan fingerprint density at radius 2 is 2.07 bits per heavy atom. The van der Waals surface area contributed by atoms with E-state index in [-0.39, 0.29) is 11.5 Å². The zero-order valence-electron chi connectivity index (χ0n) is 9.71. The zero-order valence-corrected chi connectivity index (χ0v) is 9.71. The zero-order chi connectivity index (χ0) is 11.1. The van der Waals surface area contributed by atoms with Crippen LogP contribution in [0.4, 0.5) is 0 Å². The molecule has 0 aromatic heterocycles. The van der Waals surface area contributed by atoms with Crippen molar-refractivity contribution in [3.8, 4) is 5.75 Å². The highest BCUT2D eigenvalue weighted by Crippen LogP contribution is 2.34. The van der Waals surface area contributed by atoms with E-state index in [4.69, 9.17) is 10.5 Å². The fourth-order valence-corrected chi connectivity index (χ4v) is 1.89. The van der Waals surface area contributed by atoms with Crippen molar-refractivity contribution < 1.29 is 4.74 Å². The van der Waals surface area contributed by atoms with Crippen molar-refractivity contribution in [2.45, 2.75) is 38.6 Å². The number of rotatable bonds is 0. The molecule has 82 valence electrons. The van der Waals surface area contributed by atoms with E-state index < -0.39 is 0 Å². The fourth-order valence-electron chi connectivity index (χ4n) is 1.89. The van der Waals surface area contributed by atoms with Gasteiger partial charge in [0.1, 0.15) is 5.75 Å². The summed E-state index contributed by atoms with van der Waals surface area (Å²) >= 11 is 0. The largest absolute Gasteiger partial charge is 0.493 e. The number of hydrogen-bond acceptors (Lipinski definition) is 2. The predicted octanol–water partition coefficient (Wildman–Crippen LogP) is 2.77. The van der Waals surface area contributed by atoms with Crippen LogP contribution < -0.4 is 10.5 Å². The van der Waals surface area contributed by atoms with E-state index in [2.05, 4.69) is 39.0 Å². The van der Waals surface area contributed by atoms with Crippen molar-refractivity contribution in [2.24, 2.45) is 5.73 Å². The standard InChI is InChI=1S/C13H19NO/c1-13(2,3)9-4-5-12-10(8-9)11(14)6-7-15-12/h4-5,8,11H,6-7,14H2,1-3H3/t11-/m1/s1. The third-order valence-electron chi connectivity index (χ3n) is 2.96. The van der Waals surface area contributed by atoms with Gasteiger partial charge in [0.05, 0.1) is 6.61 Å².